The van der Waals surface area contributed by atoms with Gasteiger partial charge < -0.3 is 10.1 Å². The Balaban J connectivity index is 2.02. The molecule has 0 spiro atoms. The predicted molar refractivity (Wildman–Crippen MR) is 73.9 cm³/mol. The van der Waals surface area contributed by atoms with Gasteiger partial charge in [0.2, 0.25) is 5.95 Å². The summed E-state index contributed by atoms with van der Waals surface area (Å²) >= 11 is 0. The van der Waals surface area contributed by atoms with Crippen LogP contribution in [0.3, 0.4) is 0 Å². The van der Waals surface area contributed by atoms with E-state index >= 15 is 0 Å². The maximum absolute atomic E-state index is 13.5. The van der Waals surface area contributed by atoms with Crippen LogP contribution in [0, 0.1) is 17.2 Å². The first-order chi connectivity index (χ1) is 10.1. The number of amides is 1. The summed E-state index contributed by atoms with van der Waals surface area (Å²) in [6.07, 6.45) is 6.04. The zero-order valence-electron chi connectivity index (χ0n) is 12.1. The lowest BCUT2D eigenvalue weighted by Gasteiger charge is -2.29. The topological polar surface area (TPSA) is 51.2 Å². The summed E-state index contributed by atoms with van der Waals surface area (Å²) in [6, 6.07) is 0.980. The van der Waals surface area contributed by atoms with Crippen molar-refractivity contribution >= 4 is 5.91 Å². The van der Waals surface area contributed by atoms with Gasteiger partial charge in [-0.2, -0.15) is 4.39 Å². The van der Waals surface area contributed by atoms with Gasteiger partial charge in [-0.25, -0.2) is 9.37 Å². The Bertz CT molecular complexity index is 482. The van der Waals surface area contributed by atoms with Crippen molar-refractivity contribution in [3.05, 3.63) is 29.6 Å². The van der Waals surface area contributed by atoms with Crippen LogP contribution in [0.1, 0.15) is 42.5 Å². The third-order valence-electron chi connectivity index (χ3n) is 4.21. The normalized spacial score (nSPS) is 16.9. The summed E-state index contributed by atoms with van der Waals surface area (Å²) in [7, 11) is 1.64. The third-order valence-corrected chi connectivity index (χ3v) is 4.21. The summed E-state index contributed by atoms with van der Waals surface area (Å²) in [5, 5.41) is 2.66. The van der Waals surface area contributed by atoms with E-state index in [9.17, 15) is 13.6 Å². The van der Waals surface area contributed by atoms with E-state index in [-0.39, 0.29) is 5.41 Å². The molecular weight excluding hydrogens is 278 g/mol. The van der Waals surface area contributed by atoms with E-state index in [1.54, 1.807) is 7.11 Å². The molecule has 0 aromatic carbocycles. The molecule has 116 valence electrons. The van der Waals surface area contributed by atoms with E-state index in [2.05, 4.69) is 10.3 Å². The smallest absolute Gasteiger partial charge is 0.258 e. The molecule has 6 heteroatoms. The maximum atomic E-state index is 13.5. The van der Waals surface area contributed by atoms with Crippen LogP contribution in [0.25, 0.3) is 0 Å². The lowest BCUT2D eigenvalue weighted by atomic mass is 9.83. The van der Waals surface area contributed by atoms with Crippen molar-refractivity contribution in [1.29, 1.82) is 0 Å². The molecule has 1 aliphatic carbocycles. The number of aromatic nitrogens is 1. The average Bonchev–Trinajstić information content (AvgIpc) is 2.92. The molecule has 2 rings (SSSR count). The van der Waals surface area contributed by atoms with Gasteiger partial charge in [-0.3, -0.25) is 4.79 Å². The summed E-state index contributed by atoms with van der Waals surface area (Å²) < 4.78 is 32.1. The molecule has 0 bridgehead atoms. The fourth-order valence-electron chi connectivity index (χ4n) is 2.93. The molecular formula is C15H20F2N2O2. The van der Waals surface area contributed by atoms with E-state index in [1.807, 2.05) is 0 Å². The molecule has 1 fully saturated rings. The second-order valence-corrected chi connectivity index (χ2v) is 5.59. The van der Waals surface area contributed by atoms with E-state index in [1.165, 1.54) is 0 Å². The van der Waals surface area contributed by atoms with E-state index in [4.69, 9.17) is 4.74 Å². The highest BCUT2D eigenvalue weighted by molar-refractivity contribution is 5.94. The van der Waals surface area contributed by atoms with E-state index < -0.39 is 23.2 Å². The zero-order valence-corrected chi connectivity index (χ0v) is 12.1. The number of pyridine rings is 1. The molecule has 0 atom stereocenters. The first-order valence-electron chi connectivity index (χ1n) is 7.15. The number of nitrogens with one attached hydrogen (secondary N) is 1. The zero-order chi connectivity index (χ0) is 15.3. The number of hydrogen-bond donors (Lipinski definition) is 1. The average molecular weight is 298 g/mol. The fourth-order valence-corrected chi connectivity index (χ4v) is 2.93. The SMILES string of the molecule is COCCC1(CNC(=O)c2c(F)ccnc2F)CCCC1. The molecule has 1 aromatic rings. The van der Waals surface area contributed by atoms with Crippen LogP contribution < -0.4 is 5.32 Å². The molecule has 21 heavy (non-hydrogen) atoms. The number of ether oxygens (including phenoxy) is 1. The molecule has 0 saturated heterocycles. The molecule has 1 N–H and O–H groups in total. The maximum Gasteiger partial charge on any atom is 0.258 e. The molecule has 1 heterocycles. The Morgan fingerprint density at radius 1 is 1.43 bits per heavy atom. The molecule has 1 saturated carbocycles. The molecule has 1 aromatic heterocycles. The number of carbonyl (C=O) groups excluding carboxylic acids is 1. The summed E-state index contributed by atoms with van der Waals surface area (Å²) in [4.78, 5) is 15.3. The van der Waals surface area contributed by atoms with Crippen molar-refractivity contribution < 1.29 is 18.3 Å². The summed E-state index contributed by atoms with van der Waals surface area (Å²) in [5.74, 6) is -2.72. The van der Waals surface area contributed by atoms with Gasteiger partial charge in [0.25, 0.3) is 5.91 Å². The first-order valence-corrected chi connectivity index (χ1v) is 7.15. The molecule has 1 amide bonds. The van der Waals surface area contributed by atoms with Crippen LogP contribution >= 0.6 is 0 Å². The van der Waals surface area contributed by atoms with Gasteiger partial charge in [-0.15, -0.1) is 0 Å². The molecule has 0 aliphatic heterocycles. The quantitative estimate of drug-likeness (QED) is 0.822. The van der Waals surface area contributed by atoms with Crippen LogP contribution in [0.2, 0.25) is 0 Å². The number of carbonyl (C=O) groups is 1. The number of hydrogen-bond acceptors (Lipinski definition) is 3. The standard InChI is InChI=1S/C15H20F2N2O2/c1-21-9-7-15(5-2-3-6-15)10-19-14(20)12-11(16)4-8-18-13(12)17/h4,8H,2-3,5-7,9-10H2,1H3,(H,19,20). The largest absolute Gasteiger partial charge is 0.385 e. The van der Waals surface area contributed by atoms with Crippen molar-refractivity contribution in [2.75, 3.05) is 20.3 Å². The lowest BCUT2D eigenvalue weighted by molar-refractivity contribution is 0.0894. The van der Waals surface area contributed by atoms with Crippen molar-refractivity contribution in [2.45, 2.75) is 32.1 Å². The Morgan fingerprint density at radius 3 is 2.76 bits per heavy atom. The minimum Gasteiger partial charge on any atom is -0.385 e. The van der Waals surface area contributed by atoms with Gasteiger partial charge in [-0.1, -0.05) is 12.8 Å². The van der Waals surface area contributed by atoms with Crippen LogP contribution in [-0.2, 0) is 4.74 Å². The summed E-state index contributed by atoms with van der Waals surface area (Å²) in [5.41, 5.74) is -0.640. The van der Waals surface area contributed by atoms with Crippen LogP contribution in [0.5, 0.6) is 0 Å². The van der Waals surface area contributed by atoms with Gasteiger partial charge >= 0.3 is 0 Å². The molecule has 0 unspecified atom stereocenters. The number of methoxy groups -OCH3 is 1. The van der Waals surface area contributed by atoms with Gasteiger partial charge in [0.1, 0.15) is 11.4 Å². The third kappa shape index (κ3) is 3.75. The van der Waals surface area contributed by atoms with Gasteiger partial charge in [0.15, 0.2) is 0 Å². The van der Waals surface area contributed by atoms with Crippen molar-refractivity contribution in [2.24, 2.45) is 5.41 Å². The number of halogens is 2. The van der Waals surface area contributed by atoms with Gasteiger partial charge in [0, 0.05) is 26.5 Å². The second kappa shape index (κ2) is 6.93. The second-order valence-electron chi connectivity index (χ2n) is 5.59. The Morgan fingerprint density at radius 2 is 2.14 bits per heavy atom. The predicted octanol–water partition coefficient (Wildman–Crippen LogP) is 2.69. The first kappa shape index (κ1) is 15.8. The molecule has 1 aliphatic rings. The fraction of sp³-hybridized carbons (Fsp3) is 0.600. The van der Waals surface area contributed by atoms with Crippen LogP contribution in [0.15, 0.2) is 12.3 Å². The monoisotopic (exact) mass is 298 g/mol. The van der Waals surface area contributed by atoms with E-state index in [0.717, 1.165) is 44.4 Å². The molecule has 4 nitrogen and oxygen atoms in total. The van der Waals surface area contributed by atoms with E-state index in [0.29, 0.717) is 13.2 Å². The lowest BCUT2D eigenvalue weighted by Crippen LogP contribution is -2.37. The van der Waals surface area contributed by atoms with Crippen molar-refractivity contribution in [1.82, 2.24) is 10.3 Å². The minimum atomic E-state index is -1.08. The van der Waals surface area contributed by atoms with Crippen molar-refractivity contribution in [3.8, 4) is 0 Å². The van der Waals surface area contributed by atoms with Gasteiger partial charge in [0.05, 0.1) is 0 Å². The highest BCUT2D eigenvalue weighted by atomic mass is 19.1. The highest BCUT2D eigenvalue weighted by Gasteiger charge is 2.34. The Hall–Kier alpha value is -1.56. The Kier molecular flexibility index (Phi) is 5.22. The highest BCUT2D eigenvalue weighted by Crippen LogP contribution is 2.40. The minimum absolute atomic E-state index is 0.0270. The van der Waals surface area contributed by atoms with Crippen LogP contribution in [-0.4, -0.2) is 31.2 Å². The number of rotatable bonds is 6. The number of nitrogens with zero attached hydrogens (tertiary/aromatic N) is 1. The van der Waals surface area contributed by atoms with Crippen LogP contribution in [0.4, 0.5) is 8.78 Å². The Labute approximate surface area is 122 Å². The summed E-state index contributed by atoms with van der Waals surface area (Å²) in [6.45, 7) is 1.02. The van der Waals surface area contributed by atoms with Crippen molar-refractivity contribution in [3.63, 3.8) is 0 Å². The molecule has 0 radical (unpaired) electrons. The van der Waals surface area contributed by atoms with Gasteiger partial charge in [-0.05, 0) is 30.7 Å².